The van der Waals surface area contributed by atoms with Crippen LogP contribution in [0, 0.1) is 11.8 Å². The van der Waals surface area contributed by atoms with Gasteiger partial charge in [0, 0.05) is 23.2 Å². The first-order valence-electron chi connectivity index (χ1n) is 9.15. The molecule has 150 valence electrons. The van der Waals surface area contributed by atoms with E-state index in [9.17, 15) is 18.3 Å². The Hall–Kier alpha value is -3.34. The number of phenols is 1. The van der Waals surface area contributed by atoms with Crippen molar-refractivity contribution in [3.63, 3.8) is 0 Å². The molecule has 0 fully saturated rings. The number of rotatable bonds is 4. The van der Waals surface area contributed by atoms with Gasteiger partial charge in [-0.05, 0) is 65.7 Å². The Morgan fingerprint density at radius 3 is 2.45 bits per heavy atom. The van der Waals surface area contributed by atoms with Gasteiger partial charge in [-0.3, -0.25) is 0 Å². The molecule has 1 aromatic heterocycles. The number of nitrogens with zero attached hydrogens (tertiary/aromatic N) is 4. The van der Waals surface area contributed by atoms with Crippen molar-refractivity contribution in [2.75, 3.05) is 0 Å². The third-order valence-electron chi connectivity index (χ3n) is 4.35. The molecule has 0 aliphatic carbocycles. The number of phenolic OH excluding ortho intramolecular Hbond substituents is 1. The van der Waals surface area contributed by atoms with Crippen molar-refractivity contribution < 1.29 is 18.3 Å². The minimum absolute atomic E-state index is 0.184. The molecule has 2 aromatic carbocycles. The summed E-state index contributed by atoms with van der Waals surface area (Å²) in [6.45, 7) is 4.57. The molecule has 0 unspecified atom stereocenters. The molecular formula is C21H19F3N4O. The highest BCUT2D eigenvalue weighted by Crippen LogP contribution is 2.34. The summed E-state index contributed by atoms with van der Waals surface area (Å²) in [5.74, 6) is 5.65. The standard InChI is InChI=1S/C21H19F3N4O/c1-3-5-16-12-17(20-25-26-27-28(20)4-2)9-7-14(16)6-8-15-10-11-18(29)13-19(15)21(22,23)24/h7,9-13,29H,3-5H2,1-2H3. The fraction of sp³-hybridized carbons (Fsp3) is 0.286. The molecule has 1 N–H and O–H groups in total. The second-order valence-electron chi connectivity index (χ2n) is 6.42. The molecule has 0 saturated carbocycles. The Bertz CT molecular complexity index is 1080. The lowest BCUT2D eigenvalue weighted by Gasteiger charge is -2.10. The number of aromatic nitrogens is 4. The number of benzene rings is 2. The maximum atomic E-state index is 13.2. The lowest BCUT2D eigenvalue weighted by molar-refractivity contribution is -0.137. The van der Waals surface area contributed by atoms with Crippen LogP contribution in [0.3, 0.4) is 0 Å². The predicted molar refractivity (Wildman–Crippen MR) is 102 cm³/mol. The van der Waals surface area contributed by atoms with Crippen molar-refractivity contribution in [2.24, 2.45) is 0 Å². The summed E-state index contributed by atoms with van der Waals surface area (Å²) in [5.41, 5.74) is 1.24. The van der Waals surface area contributed by atoms with Crippen LogP contribution in [0.2, 0.25) is 0 Å². The summed E-state index contributed by atoms with van der Waals surface area (Å²) in [4.78, 5) is 0. The maximum Gasteiger partial charge on any atom is 0.417 e. The van der Waals surface area contributed by atoms with Gasteiger partial charge in [0.1, 0.15) is 5.75 Å². The predicted octanol–water partition coefficient (Wildman–Crippen LogP) is 4.44. The number of aromatic hydroxyl groups is 1. The number of hydrogen-bond donors (Lipinski definition) is 1. The fourth-order valence-electron chi connectivity index (χ4n) is 2.97. The molecule has 0 atom stereocenters. The number of hydrogen-bond acceptors (Lipinski definition) is 4. The van der Waals surface area contributed by atoms with E-state index >= 15 is 0 Å². The molecule has 29 heavy (non-hydrogen) atoms. The van der Waals surface area contributed by atoms with E-state index in [1.807, 2.05) is 26.0 Å². The molecule has 0 spiro atoms. The van der Waals surface area contributed by atoms with Gasteiger partial charge in [-0.2, -0.15) is 13.2 Å². The van der Waals surface area contributed by atoms with Gasteiger partial charge in [-0.15, -0.1) is 5.10 Å². The molecule has 0 saturated heterocycles. The fourth-order valence-corrected chi connectivity index (χ4v) is 2.97. The number of halogens is 3. The molecule has 0 radical (unpaired) electrons. The van der Waals surface area contributed by atoms with Crippen LogP contribution in [0.15, 0.2) is 36.4 Å². The average Bonchev–Trinajstić information content (AvgIpc) is 3.16. The maximum absolute atomic E-state index is 13.2. The SMILES string of the molecule is CCCc1cc(-c2nnnn2CC)ccc1C#Cc1ccc(O)cc1C(F)(F)F. The Morgan fingerprint density at radius 2 is 1.76 bits per heavy atom. The van der Waals surface area contributed by atoms with Crippen LogP contribution >= 0.6 is 0 Å². The number of alkyl halides is 3. The van der Waals surface area contributed by atoms with Gasteiger partial charge in [0.25, 0.3) is 0 Å². The Kier molecular flexibility index (Phi) is 5.87. The number of aryl methyl sites for hydroxylation is 2. The minimum Gasteiger partial charge on any atom is -0.508 e. The largest absolute Gasteiger partial charge is 0.508 e. The summed E-state index contributed by atoms with van der Waals surface area (Å²) in [5, 5.41) is 21.1. The second-order valence-corrected chi connectivity index (χ2v) is 6.42. The monoisotopic (exact) mass is 400 g/mol. The quantitative estimate of drug-likeness (QED) is 0.658. The molecule has 3 aromatic rings. The first-order valence-corrected chi connectivity index (χ1v) is 9.15. The summed E-state index contributed by atoms with van der Waals surface area (Å²) in [6.07, 6.45) is -3.03. The van der Waals surface area contributed by atoms with Gasteiger partial charge in [-0.25, -0.2) is 4.68 Å². The molecule has 3 rings (SSSR count). The summed E-state index contributed by atoms with van der Waals surface area (Å²) in [6, 6.07) is 8.56. The van der Waals surface area contributed by atoms with Crippen molar-refractivity contribution >= 4 is 0 Å². The van der Waals surface area contributed by atoms with E-state index in [2.05, 4.69) is 27.4 Å². The van der Waals surface area contributed by atoms with Gasteiger partial charge in [0.15, 0.2) is 5.82 Å². The van der Waals surface area contributed by atoms with Gasteiger partial charge in [0.05, 0.1) is 5.56 Å². The molecule has 8 heteroatoms. The lowest BCUT2D eigenvalue weighted by Crippen LogP contribution is -2.07. The van der Waals surface area contributed by atoms with Crippen LogP contribution < -0.4 is 0 Å². The van der Waals surface area contributed by atoms with E-state index < -0.39 is 17.5 Å². The van der Waals surface area contributed by atoms with E-state index in [4.69, 9.17) is 0 Å². The summed E-state index contributed by atoms with van der Waals surface area (Å²) in [7, 11) is 0. The molecule has 0 amide bonds. The zero-order valence-corrected chi connectivity index (χ0v) is 16.0. The Labute approximate surface area is 166 Å². The molecular weight excluding hydrogens is 381 g/mol. The third kappa shape index (κ3) is 4.57. The molecule has 0 aliphatic heterocycles. The van der Waals surface area contributed by atoms with Crippen molar-refractivity contribution in [3.05, 3.63) is 58.7 Å². The van der Waals surface area contributed by atoms with Crippen molar-refractivity contribution in [3.8, 4) is 29.0 Å². The van der Waals surface area contributed by atoms with Crippen LogP contribution in [0.4, 0.5) is 13.2 Å². The van der Waals surface area contributed by atoms with Crippen LogP contribution in [0.5, 0.6) is 5.75 Å². The third-order valence-corrected chi connectivity index (χ3v) is 4.35. The van der Waals surface area contributed by atoms with Crippen LogP contribution in [0.1, 0.15) is 42.5 Å². The van der Waals surface area contributed by atoms with E-state index in [-0.39, 0.29) is 5.56 Å². The van der Waals surface area contributed by atoms with Crippen LogP contribution in [-0.4, -0.2) is 25.3 Å². The van der Waals surface area contributed by atoms with Gasteiger partial charge in [0.2, 0.25) is 0 Å². The summed E-state index contributed by atoms with van der Waals surface area (Å²) >= 11 is 0. The van der Waals surface area contributed by atoms with Crippen LogP contribution in [-0.2, 0) is 19.1 Å². The zero-order valence-electron chi connectivity index (χ0n) is 16.0. The molecule has 5 nitrogen and oxygen atoms in total. The Morgan fingerprint density at radius 1 is 1.03 bits per heavy atom. The highest BCUT2D eigenvalue weighted by Gasteiger charge is 2.33. The van der Waals surface area contributed by atoms with Crippen molar-refractivity contribution in [1.29, 1.82) is 0 Å². The number of tetrazole rings is 1. The molecule has 1 heterocycles. The Balaban J connectivity index is 2.04. The first-order chi connectivity index (χ1) is 13.8. The zero-order chi connectivity index (χ0) is 21.0. The van der Waals surface area contributed by atoms with E-state index in [0.717, 1.165) is 17.5 Å². The highest BCUT2D eigenvalue weighted by atomic mass is 19.4. The van der Waals surface area contributed by atoms with E-state index in [1.165, 1.54) is 12.1 Å². The smallest absolute Gasteiger partial charge is 0.417 e. The second kappa shape index (κ2) is 8.35. The van der Waals surface area contributed by atoms with E-state index in [1.54, 1.807) is 10.7 Å². The molecule has 0 bridgehead atoms. The first kappa shape index (κ1) is 20.4. The molecule has 0 aliphatic rings. The normalized spacial score (nSPS) is 11.2. The lowest BCUT2D eigenvalue weighted by atomic mass is 9.99. The van der Waals surface area contributed by atoms with Crippen molar-refractivity contribution in [1.82, 2.24) is 20.2 Å². The van der Waals surface area contributed by atoms with Crippen LogP contribution in [0.25, 0.3) is 11.4 Å². The van der Waals surface area contributed by atoms with Gasteiger partial charge < -0.3 is 5.11 Å². The van der Waals surface area contributed by atoms with Crippen molar-refractivity contribution in [2.45, 2.75) is 39.4 Å². The average molecular weight is 400 g/mol. The van der Waals surface area contributed by atoms with Gasteiger partial charge in [-0.1, -0.05) is 25.2 Å². The topological polar surface area (TPSA) is 63.8 Å². The minimum atomic E-state index is -4.60. The highest BCUT2D eigenvalue weighted by molar-refractivity contribution is 5.60. The summed E-state index contributed by atoms with van der Waals surface area (Å²) < 4.78 is 41.4. The van der Waals surface area contributed by atoms with E-state index in [0.29, 0.717) is 30.4 Å². The van der Waals surface area contributed by atoms with Gasteiger partial charge >= 0.3 is 6.18 Å².